The Morgan fingerprint density at radius 2 is 2.38 bits per heavy atom. The highest BCUT2D eigenvalue weighted by Crippen LogP contribution is 2.10. The molecule has 2 N–H and O–H groups in total. The van der Waals surface area contributed by atoms with Crippen LogP contribution in [0.25, 0.3) is 0 Å². The van der Waals surface area contributed by atoms with Gasteiger partial charge in [-0.05, 0) is 18.2 Å². The van der Waals surface area contributed by atoms with Crippen molar-refractivity contribution in [3.05, 3.63) is 50.6 Å². The Kier molecular flexibility index (Phi) is 3.03. The minimum Gasteiger partial charge on any atom is -0.379 e. The SMILES string of the molecule is N#Cc1cccc(NCc2csc(=O)[nH]2)c1. The molecule has 0 spiro atoms. The molecule has 4 nitrogen and oxygen atoms in total. The number of thiazole rings is 1. The number of aromatic nitrogens is 1. The molecule has 2 rings (SSSR count). The largest absolute Gasteiger partial charge is 0.379 e. The van der Waals surface area contributed by atoms with Crippen molar-refractivity contribution in [1.82, 2.24) is 4.98 Å². The number of H-pyrrole nitrogens is 1. The molecule has 1 heterocycles. The first-order valence-corrected chi connectivity index (χ1v) is 5.56. The summed E-state index contributed by atoms with van der Waals surface area (Å²) in [5.41, 5.74) is 2.33. The predicted octanol–water partition coefficient (Wildman–Crippen LogP) is 1.92. The first-order chi connectivity index (χ1) is 7.78. The summed E-state index contributed by atoms with van der Waals surface area (Å²) in [5, 5.41) is 13.6. The van der Waals surface area contributed by atoms with Crippen LogP contribution in [0.1, 0.15) is 11.3 Å². The Morgan fingerprint density at radius 3 is 3.06 bits per heavy atom. The molecule has 0 aliphatic carbocycles. The van der Waals surface area contributed by atoms with Gasteiger partial charge in [0, 0.05) is 16.8 Å². The lowest BCUT2D eigenvalue weighted by Crippen LogP contribution is -2.02. The summed E-state index contributed by atoms with van der Waals surface area (Å²) >= 11 is 1.14. The average Bonchev–Trinajstić information content (AvgIpc) is 2.73. The molecule has 0 saturated carbocycles. The van der Waals surface area contributed by atoms with E-state index in [4.69, 9.17) is 5.26 Å². The van der Waals surface area contributed by atoms with Crippen LogP contribution in [-0.2, 0) is 6.54 Å². The van der Waals surface area contributed by atoms with E-state index in [1.165, 1.54) is 0 Å². The lowest BCUT2D eigenvalue weighted by molar-refractivity contribution is 1.06. The van der Waals surface area contributed by atoms with E-state index in [0.29, 0.717) is 12.1 Å². The van der Waals surface area contributed by atoms with Gasteiger partial charge in [0.2, 0.25) is 0 Å². The highest BCUT2D eigenvalue weighted by atomic mass is 32.1. The van der Waals surface area contributed by atoms with Crippen molar-refractivity contribution in [3.8, 4) is 6.07 Å². The summed E-state index contributed by atoms with van der Waals surface area (Å²) in [6.45, 7) is 0.549. The van der Waals surface area contributed by atoms with E-state index in [-0.39, 0.29) is 4.87 Å². The zero-order chi connectivity index (χ0) is 11.4. The quantitative estimate of drug-likeness (QED) is 0.848. The number of nitriles is 1. The maximum atomic E-state index is 10.9. The minimum absolute atomic E-state index is 0.0532. The van der Waals surface area contributed by atoms with Crippen LogP contribution in [0.5, 0.6) is 0 Å². The van der Waals surface area contributed by atoms with Crippen LogP contribution in [0.3, 0.4) is 0 Å². The first kappa shape index (κ1) is 10.5. The molecule has 1 aromatic carbocycles. The Hall–Kier alpha value is -2.06. The number of benzene rings is 1. The summed E-state index contributed by atoms with van der Waals surface area (Å²) in [5.74, 6) is 0. The molecule has 0 aliphatic rings. The van der Waals surface area contributed by atoms with Gasteiger partial charge < -0.3 is 10.3 Å². The lowest BCUT2D eigenvalue weighted by Gasteiger charge is -2.04. The molecule has 0 saturated heterocycles. The second-order valence-corrected chi connectivity index (χ2v) is 4.06. The number of nitrogens with one attached hydrogen (secondary N) is 2. The molecular weight excluding hydrogens is 222 g/mol. The Labute approximate surface area is 96.2 Å². The second kappa shape index (κ2) is 4.64. The van der Waals surface area contributed by atoms with Crippen LogP contribution in [-0.4, -0.2) is 4.98 Å². The number of anilines is 1. The monoisotopic (exact) mass is 231 g/mol. The summed E-state index contributed by atoms with van der Waals surface area (Å²) < 4.78 is 0. The fourth-order valence-electron chi connectivity index (χ4n) is 1.30. The normalized spacial score (nSPS) is 9.69. The van der Waals surface area contributed by atoms with Gasteiger partial charge >= 0.3 is 4.87 Å². The van der Waals surface area contributed by atoms with E-state index in [0.717, 1.165) is 22.7 Å². The lowest BCUT2D eigenvalue weighted by atomic mass is 10.2. The van der Waals surface area contributed by atoms with Crippen LogP contribution >= 0.6 is 11.3 Å². The minimum atomic E-state index is -0.0532. The summed E-state index contributed by atoms with van der Waals surface area (Å²) in [6.07, 6.45) is 0. The molecule has 0 radical (unpaired) electrons. The molecule has 80 valence electrons. The van der Waals surface area contributed by atoms with Gasteiger partial charge in [0.15, 0.2) is 0 Å². The number of hydrogen-bond donors (Lipinski definition) is 2. The van der Waals surface area contributed by atoms with Gasteiger partial charge in [-0.2, -0.15) is 5.26 Å². The Morgan fingerprint density at radius 1 is 1.50 bits per heavy atom. The van der Waals surface area contributed by atoms with E-state index in [9.17, 15) is 4.79 Å². The van der Waals surface area contributed by atoms with Crippen molar-refractivity contribution in [3.63, 3.8) is 0 Å². The van der Waals surface area contributed by atoms with Crippen LogP contribution in [0, 0.1) is 11.3 Å². The zero-order valence-electron chi connectivity index (χ0n) is 8.36. The molecule has 0 aliphatic heterocycles. The van der Waals surface area contributed by atoms with Gasteiger partial charge in [0.1, 0.15) is 0 Å². The average molecular weight is 231 g/mol. The molecule has 0 bridgehead atoms. The van der Waals surface area contributed by atoms with Gasteiger partial charge in [-0.3, -0.25) is 4.79 Å². The fraction of sp³-hybridized carbons (Fsp3) is 0.0909. The number of aromatic amines is 1. The van der Waals surface area contributed by atoms with E-state index in [1.54, 1.807) is 17.5 Å². The molecule has 16 heavy (non-hydrogen) atoms. The van der Waals surface area contributed by atoms with Crippen LogP contribution < -0.4 is 10.2 Å². The maximum Gasteiger partial charge on any atom is 0.304 e. The molecule has 0 atom stereocenters. The smallest absolute Gasteiger partial charge is 0.304 e. The van der Waals surface area contributed by atoms with E-state index in [2.05, 4.69) is 16.4 Å². The molecule has 0 amide bonds. The molecule has 5 heteroatoms. The van der Waals surface area contributed by atoms with Gasteiger partial charge in [0.25, 0.3) is 0 Å². The van der Waals surface area contributed by atoms with Gasteiger partial charge in [-0.1, -0.05) is 17.4 Å². The molecule has 0 unspecified atom stereocenters. The van der Waals surface area contributed by atoms with Crippen molar-refractivity contribution in [2.45, 2.75) is 6.54 Å². The highest BCUT2D eigenvalue weighted by Gasteiger charge is 1.97. The highest BCUT2D eigenvalue weighted by molar-refractivity contribution is 7.07. The first-order valence-electron chi connectivity index (χ1n) is 4.68. The Balaban J connectivity index is 2.05. The summed E-state index contributed by atoms with van der Waals surface area (Å²) in [7, 11) is 0. The van der Waals surface area contributed by atoms with Gasteiger partial charge in [-0.15, -0.1) is 0 Å². The van der Waals surface area contributed by atoms with Crippen LogP contribution in [0.2, 0.25) is 0 Å². The third kappa shape index (κ3) is 2.49. The van der Waals surface area contributed by atoms with Gasteiger partial charge in [-0.25, -0.2) is 0 Å². The van der Waals surface area contributed by atoms with Crippen molar-refractivity contribution in [2.24, 2.45) is 0 Å². The molecule has 0 fully saturated rings. The fourth-order valence-corrected chi connectivity index (χ4v) is 1.88. The Bertz CT molecular complexity index is 579. The van der Waals surface area contributed by atoms with Crippen molar-refractivity contribution < 1.29 is 0 Å². The maximum absolute atomic E-state index is 10.9. The number of nitrogens with zero attached hydrogens (tertiary/aromatic N) is 1. The summed E-state index contributed by atoms with van der Waals surface area (Å²) in [4.78, 5) is 13.6. The van der Waals surface area contributed by atoms with E-state index < -0.39 is 0 Å². The van der Waals surface area contributed by atoms with Crippen molar-refractivity contribution >= 4 is 17.0 Å². The number of rotatable bonds is 3. The second-order valence-electron chi connectivity index (χ2n) is 3.22. The standard InChI is InChI=1S/C11H9N3OS/c12-5-8-2-1-3-9(4-8)13-6-10-7-16-11(15)14-10/h1-4,7,13H,6H2,(H,14,15). The molecular formula is C11H9N3OS. The zero-order valence-corrected chi connectivity index (χ0v) is 9.17. The van der Waals surface area contributed by atoms with Crippen LogP contribution in [0.4, 0.5) is 5.69 Å². The van der Waals surface area contributed by atoms with E-state index >= 15 is 0 Å². The topological polar surface area (TPSA) is 68.7 Å². The number of hydrogen-bond acceptors (Lipinski definition) is 4. The molecule has 2 aromatic rings. The van der Waals surface area contributed by atoms with Crippen molar-refractivity contribution in [2.75, 3.05) is 5.32 Å². The van der Waals surface area contributed by atoms with Crippen LogP contribution in [0.15, 0.2) is 34.4 Å². The van der Waals surface area contributed by atoms with Gasteiger partial charge in [0.05, 0.1) is 18.2 Å². The third-order valence-corrected chi connectivity index (χ3v) is 2.76. The van der Waals surface area contributed by atoms with Crippen molar-refractivity contribution in [1.29, 1.82) is 5.26 Å². The third-order valence-electron chi connectivity index (χ3n) is 2.05. The van der Waals surface area contributed by atoms with E-state index in [1.807, 2.05) is 12.1 Å². The predicted molar refractivity (Wildman–Crippen MR) is 63.4 cm³/mol. The summed E-state index contributed by atoms with van der Waals surface area (Å²) in [6, 6.07) is 9.29. The molecule has 1 aromatic heterocycles.